The minimum Gasteiger partial charge on any atom is -0.455 e. The van der Waals surface area contributed by atoms with Crippen LogP contribution in [0.15, 0.2) is 97.1 Å². The third-order valence-electron chi connectivity index (χ3n) is 10.3. The summed E-state index contributed by atoms with van der Waals surface area (Å²) in [5.41, 5.74) is -0.156. The third kappa shape index (κ3) is 5.72. The van der Waals surface area contributed by atoms with Crippen molar-refractivity contribution in [1.29, 1.82) is 0 Å². The number of benzene rings is 3. The number of allylic oxidation sites excluding steroid dienone is 1. The first-order valence-corrected chi connectivity index (χ1v) is 17.0. The molecular formula is C39H41N3O7. The molecule has 7 rings (SSSR count). The average molecular weight is 664 g/mol. The van der Waals surface area contributed by atoms with Crippen LogP contribution in [0, 0.1) is 17.8 Å². The molecule has 0 aliphatic carbocycles. The molecule has 10 heteroatoms. The van der Waals surface area contributed by atoms with Crippen LogP contribution in [0.3, 0.4) is 0 Å². The first kappa shape index (κ1) is 32.7. The first-order valence-electron chi connectivity index (χ1n) is 17.0. The van der Waals surface area contributed by atoms with Crippen LogP contribution in [0.2, 0.25) is 0 Å². The highest BCUT2D eigenvalue weighted by Gasteiger charge is 2.72. The fraction of sp³-hybridized carbons (Fsp3) is 0.385. The van der Waals surface area contributed by atoms with Crippen LogP contribution >= 0.6 is 0 Å². The van der Waals surface area contributed by atoms with Crippen molar-refractivity contribution in [3.63, 3.8) is 0 Å². The highest BCUT2D eigenvalue weighted by atomic mass is 16.6. The van der Waals surface area contributed by atoms with E-state index in [0.717, 1.165) is 10.8 Å². The Balaban J connectivity index is 1.33. The SMILES string of the molecule is CC(C)[C@H](CO)N1C(=O)[C@H]2[C@@H]3C(=O)O[C@@H](c4ccccc4)CNC(=O)CC/C=C\[C@@H]3O[C@]23C=CCN(c2ccc4ccccc4c2)C(=O)[C@H]13. The van der Waals surface area contributed by atoms with E-state index in [1.807, 2.05) is 92.7 Å². The van der Waals surface area contributed by atoms with Gasteiger partial charge in [0.05, 0.1) is 31.2 Å². The maximum atomic E-state index is 14.9. The molecule has 3 amide bonds. The van der Waals surface area contributed by atoms with E-state index in [2.05, 4.69) is 5.32 Å². The smallest absolute Gasteiger partial charge is 0.313 e. The van der Waals surface area contributed by atoms with E-state index in [-0.39, 0.29) is 43.8 Å². The lowest BCUT2D eigenvalue weighted by Crippen LogP contribution is -2.59. The normalized spacial score (nSPS) is 30.1. The van der Waals surface area contributed by atoms with Crippen molar-refractivity contribution in [2.24, 2.45) is 17.8 Å². The summed E-state index contributed by atoms with van der Waals surface area (Å²) >= 11 is 0. The van der Waals surface area contributed by atoms with Gasteiger partial charge in [0.15, 0.2) is 0 Å². The molecule has 2 N–H and O–H groups in total. The number of rotatable bonds is 5. The van der Waals surface area contributed by atoms with Gasteiger partial charge in [-0.2, -0.15) is 0 Å². The van der Waals surface area contributed by atoms with E-state index in [1.54, 1.807) is 23.1 Å². The number of hydrogen-bond donors (Lipinski definition) is 2. The van der Waals surface area contributed by atoms with Crippen LogP contribution in [0.1, 0.15) is 38.4 Å². The van der Waals surface area contributed by atoms with Crippen molar-refractivity contribution >= 4 is 40.2 Å². The summed E-state index contributed by atoms with van der Waals surface area (Å²) in [6.45, 7) is 3.70. The van der Waals surface area contributed by atoms with Crippen LogP contribution in [0.25, 0.3) is 10.8 Å². The number of ether oxygens (including phenoxy) is 2. The molecule has 2 saturated heterocycles. The Morgan fingerprint density at radius 1 is 0.939 bits per heavy atom. The lowest BCUT2D eigenvalue weighted by Gasteiger charge is -2.39. The fourth-order valence-corrected chi connectivity index (χ4v) is 7.90. The predicted molar refractivity (Wildman–Crippen MR) is 183 cm³/mol. The molecule has 3 aromatic carbocycles. The number of anilines is 1. The van der Waals surface area contributed by atoms with Crippen LogP contribution < -0.4 is 10.2 Å². The fourth-order valence-electron chi connectivity index (χ4n) is 7.90. The summed E-state index contributed by atoms with van der Waals surface area (Å²) in [6.07, 6.45) is 6.02. The van der Waals surface area contributed by atoms with Gasteiger partial charge in [-0.05, 0) is 40.8 Å². The molecule has 0 bridgehead atoms. The van der Waals surface area contributed by atoms with E-state index in [0.29, 0.717) is 17.7 Å². The Kier molecular flexibility index (Phi) is 8.85. The van der Waals surface area contributed by atoms with Gasteiger partial charge in [0.2, 0.25) is 11.8 Å². The summed E-state index contributed by atoms with van der Waals surface area (Å²) in [7, 11) is 0. The van der Waals surface area contributed by atoms with Gasteiger partial charge in [-0.1, -0.05) is 98.8 Å². The molecule has 2 fully saturated rings. The van der Waals surface area contributed by atoms with Crippen molar-refractivity contribution in [2.75, 3.05) is 24.6 Å². The molecule has 10 nitrogen and oxygen atoms in total. The molecule has 7 atom stereocenters. The number of hydrogen-bond acceptors (Lipinski definition) is 7. The zero-order valence-corrected chi connectivity index (χ0v) is 27.6. The quantitative estimate of drug-likeness (QED) is 0.311. The number of nitrogens with zero attached hydrogens (tertiary/aromatic N) is 2. The molecule has 254 valence electrons. The molecule has 4 aliphatic rings. The highest BCUT2D eigenvalue weighted by molar-refractivity contribution is 6.06. The summed E-state index contributed by atoms with van der Waals surface area (Å²) < 4.78 is 13.0. The third-order valence-corrected chi connectivity index (χ3v) is 10.3. The second-order valence-electron chi connectivity index (χ2n) is 13.6. The summed E-state index contributed by atoms with van der Waals surface area (Å²) in [6, 6.07) is 21.0. The predicted octanol–water partition coefficient (Wildman–Crippen LogP) is 4.09. The Hall–Kier alpha value is -4.80. The molecule has 3 aromatic rings. The molecule has 0 saturated carbocycles. The number of amides is 3. The largest absolute Gasteiger partial charge is 0.455 e. The zero-order valence-electron chi connectivity index (χ0n) is 27.6. The highest BCUT2D eigenvalue weighted by Crippen LogP contribution is 2.54. The Bertz CT molecular complexity index is 1820. The minimum absolute atomic E-state index is 0.0636. The van der Waals surface area contributed by atoms with E-state index >= 15 is 0 Å². The summed E-state index contributed by atoms with van der Waals surface area (Å²) in [4.78, 5) is 59.9. The number of carbonyl (C=O) groups excluding carboxylic acids is 4. The van der Waals surface area contributed by atoms with Crippen LogP contribution in [-0.2, 0) is 28.7 Å². The summed E-state index contributed by atoms with van der Waals surface area (Å²) in [5.74, 6) is -4.03. The number of cyclic esters (lactones) is 1. The maximum absolute atomic E-state index is 14.9. The van der Waals surface area contributed by atoms with Crippen molar-refractivity contribution in [1.82, 2.24) is 10.2 Å². The number of esters is 1. The second kappa shape index (κ2) is 13.2. The number of fused-ring (bicyclic) bond motifs is 3. The standard InChI is InChI=1S/C39H41N3O7/c1-24(2)29(23-43)42-35-37(46)41(28-18-17-25-11-6-7-14-27(25)21-28)20-10-19-39(35)34(36(42)45)33-30(49-39)15-8-9-16-32(44)40-22-31(48-38(33)47)26-12-4-3-5-13-26/h3-8,10-15,17-19,21,24,29-31,33-35,43H,9,16,20,22-23H2,1-2H3,(H,40,44)/b15-8-/t29-,30-,31+,33+,34+,35-,39+/m0/s1. The molecule has 1 spiro atoms. The van der Waals surface area contributed by atoms with Gasteiger partial charge in [0, 0.05) is 18.7 Å². The van der Waals surface area contributed by atoms with E-state index in [4.69, 9.17) is 9.47 Å². The number of carbonyl (C=O) groups is 4. The zero-order chi connectivity index (χ0) is 34.3. The average Bonchev–Trinajstić information content (AvgIpc) is 3.49. The van der Waals surface area contributed by atoms with Gasteiger partial charge in [0.25, 0.3) is 5.91 Å². The Morgan fingerprint density at radius 2 is 1.69 bits per heavy atom. The lowest BCUT2D eigenvalue weighted by atomic mass is 9.77. The lowest BCUT2D eigenvalue weighted by molar-refractivity contribution is -0.160. The topological polar surface area (TPSA) is 125 Å². The van der Waals surface area contributed by atoms with Crippen molar-refractivity contribution < 1.29 is 33.8 Å². The van der Waals surface area contributed by atoms with Crippen LogP contribution in [0.5, 0.6) is 0 Å². The molecule has 0 aromatic heterocycles. The van der Waals surface area contributed by atoms with E-state index in [9.17, 15) is 24.3 Å². The van der Waals surface area contributed by atoms with E-state index < -0.39 is 53.6 Å². The Morgan fingerprint density at radius 3 is 2.45 bits per heavy atom. The molecule has 0 unspecified atom stereocenters. The number of aliphatic hydroxyl groups is 1. The van der Waals surface area contributed by atoms with Gasteiger partial charge in [0.1, 0.15) is 23.7 Å². The number of likely N-dealkylation sites (tertiary alicyclic amines) is 1. The van der Waals surface area contributed by atoms with Gasteiger partial charge in [-0.25, -0.2) is 0 Å². The molecule has 49 heavy (non-hydrogen) atoms. The first-order chi connectivity index (χ1) is 23.7. The van der Waals surface area contributed by atoms with Gasteiger partial charge in [-0.15, -0.1) is 0 Å². The van der Waals surface area contributed by atoms with Gasteiger partial charge >= 0.3 is 5.97 Å². The maximum Gasteiger partial charge on any atom is 0.313 e. The van der Waals surface area contributed by atoms with Crippen LogP contribution in [0.4, 0.5) is 5.69 Å². The van der Waals surface area contributed by atoms with E-state index in [1.165, 1.54) is 4.90 Å². The Labute approximate surface area is 285 Å². The van der Waals surface area contributed by atoms with Crippen LogP contribution in [-0.4, -0.2) is 77.2 Å². The molecule has 4 heterocycles. The van der Waals surface area contributed by atoms with Crippen molar-refractivity contribution in [2.45, 2.75) is 56.6 Å². The van der Waals surface area contributed by atoms with Crippen molar-refractivity contribution in [3.05, 3.63) is 103 Å². The second-order valence-corrected chi connectivity index (χ2v) is 13.6. The molecule has 4 aliphatic heterocycles. The molecular weight excluding hydrogens is 622 g/mol. The monoisotopic (exact) mass is 663 g/mol. The van der Waals surface area contributed by atoms with Gasteiger partial charge < -0.3 is 29.7 Å². The number of nitrogens with one attached hydrogen (secondary N) is 1. The van der Waals surface area contributed by atoms with Gasteiger partial charge in [-0.3, -0.25) is 19.2 Å². The van der Waals surface area contributed by atoms with Crippen molar-refractivity contribution in [3.8, 4) is 0 Å². The summed E-state index contributed by atoms with van der Waals surface area (Å²) in [5, 5.41) is 15.5. The number of aliphatic hydroxyl groups excluding tert-OH is 1. The molecule has 0 radical (unpaired) electrons. The minimum atomic E-state index is -1.52.